The van der Waals surface area contributed by atoms with Crippen molar-refractivity contribution in [2.45, 2.75) is 26.7 Å². The van der Waals surface area contributed by atoms with Crippen LogP contribution in [0.25, 0.3) is 5.69 Å². The van der Waals surface area contributed by atoms with Gasteiger partial charge in [0.05, 0.1) is 23.1 Å². The van der Waals surface area contributed by atoms with E-state index >= 15 is 0 Å². The molecule has 1 aromatic heterocycles. The Kier molecular flexibility index (Phi) is 5.72. The van der Waals surface area contributed by atoms with Crippen LogP contribution < -0.4 is 5.32 Å². The third-order valence-corrected chi connectivity index (χ3v) is 6.06. The zero-order valence-corrected chi connectivity index (χ0v) is 18.6. The van der Waals surface area contributed by atoms with Gasteiger partial charge in [0.1, 0.15) is 0 Å². The number of nitrogens with zero attached hydrogens (tertiary/aromatic N) is 3. The van der Waals surface area contributed by atoms with Crippen LogP contribution in [0.3, 0.4) is 0 Å². The number of amides is 2. The molecule has 0 saturated carbocycles. The number of nitrogens with one attached hydrogen (secondary N) is 1. The number of rotatable bonds is 4. The molecule has 1 fully saturated rings. The predicted molar refractivity (Wildman–Crippen MR) is 120 cm³/mol. The lowest BCUT2D eigenvalue weighted by Crippen LogP contribution is -2.28. The molecule has 4 rings (SSSR count). The number of aromatic nitrogens is 2. The second-order valence-corrected chi connectivity index (χ2v) is 8.38. The lowest BCUT2D eigenvalue weighted by atomic mass is 10.0. The molecule has 2 amide bonds. The number of anilines is 1. The van der Waals surface area contributed by atoms with Crippen molar-refractivity contribution >= 4 is 33.4 Å². The van der Waals surface area contributed by atoms with Crippen LogP contribution in [0.15, 0.2) is 53.1 Å². The molecule has 0 bridgehead atoms. The summed E-state index contributed by atoms with van der Waals surface area (Å²) in [5.74, 6) is -0.218. The molecule has 2 aromatic carbocycles. The second-order valence-electron chi connectivity index (χ2n) is 7.46. The van der Waals surface area contributed by atoms with Crippen molar-refractivity contribution in [1.82, 2.24) is 14.7 Å². The van der Waals surface area contributed by atoms with E-state index in [2.05, 4.69) is 26.3 Å². The van der Waals surface area contributed by atoms with Gasteiger partial charge in [-0.1, -0.05) is 22.0 Å². The molecule has 0 atom stereocenters. The molecule has 0 unspecified atom stereocenters. The van der Waals surface area contributed by atoms with Crippen LogP contribution in [-0.4, -0.2) is 39.6 Å². The molecule has 1 aliphatic heterocycles. The molecule has 2 heterocycles. The minimum Gasteiger partial charge on any atom is -0.339 e. The van der Waals surface area contributed by atoms with E-state index in [9.17, 15) is 9.59 Å². The maximum Gasteiger partial charge on any atom is 0.259 e. The number of carbonyl (C=O) groups is 2. The fourth-order valence-electron chi connectivity index (χ4n) is 3.76. The van der Waals surface area contributed by atoms with Gasteiger partial charge in [0.2, 0.25) is 0 Å². The molecule has 0 spiro atoms. The average molecular weight is 467 g/mol. The van der Waals surface area contributed by atoms with Crippen LogP contribution in [-0.2, 0) is 0 Å². The van der Waals surface area contributed by atoms with Crippen LogP contribution >= 0.6 is 15.9 Å². The molecule has 1 N–H and O–H groups in total. The van der Waals surface area contributed by atoms with E-state index < -0.39 is 0 Å². The minimum absolute atomic E-state index is 0.0281. The summed E-state index contributed by atoms with van der Waals surface area (Å²) in [4.78, 5) is 27.6. The third kappa shape index (κ3) is 3.89. The number of hydrogen-bond donors (Lipinski definition) is 1. The molecule has 7 heteroatoms. The molecule has 1 aliphatic rings. The summed E-state index contributed by atoms with van der Waals surface area (Å²) in [7, 11) is 0. The minimum atomic E-state index is -0.246. The van der Waals surface area contributed by atoms with E-state index in [4.69, 9.17) is 0 Å². The second kappa shape index (κ2) is 8.44. The first-order valence-electron chi connectivity index (χ1n) is 9.96. The summed E-state index contributed by atoms with van der Waals surface area (Å²) in [6.45, 7) is 5.33. The number of hydrogen-bond acceptors (Lipinski definition) is 3. The van der Waals surface area contributed by atoms with E-state index in [-0.39, 0.29) is 11.8 Å². The Bertz CT molecular complexity index is 1100. The topological polar surface area (TPSA) is 67.2 Å². The number of halogens is 1. The Morgan fingerprint density at radius 2 is 1.70 bits per heavy atom. The van der Waals surface area contributed by atoms with Gasteiger partial charge in [0, 0.05) is 28.8 Å². The van der Waals surface area contributed by atoms with Crippen molar-refractivity contribution in [3.63, 3.8) is 0 Å². The van der Waals surface area contributed by atoms with E-state index in [1.54, 1.807) is 10.9 Å². The maximum atomic E-state index is 13.0. The van der Waals surface area contributed by atoms with Crippen LogP contribution in [0.2, 0.25) is 0 Å². The monoisotopic (exact) mass is 466 g/mol. The summed E-state index contributed by atoms with van der Waals surface area (Å²) >= 11 is 3.43. The average Bonchev–Trinajstić information content (AvgIpc) is 3.40. The molecule has 0 aliphatic carbocycles. The lowest BCUT2D eigenvalue weighted by Gasteiger charge is -2.18. The van der Waals surface area contributed by atoms with Crippen molar-refractivity contribution in [3.8, 4) is 5.69 Å². The van der Waals surface area contributed by atoms with Gasteiger partial charge in [-0.3, -0.25) is 9.59 Å². The predicted octanol–water partition coefficient (Wildman–Crippen LogP) is 4.74. The van der Waals surface area contributed by atoms with E-state index in [1.165, 1.54) is 0 Å². The highest BCUT2D eigenvalue weighted by Gasteiger charge is 2.23. The van der Waals surface area contributed by atoms with Crippen molar-refractivity contribution in [1.29, 1.82) is 0 Å². The SMILES string of the molecule is Cc1c(NC(=O)c2cnn(-c3ccc(Br)cc3)c2C)cccc1C(=O)N1CCCC1. The molecule has 3 aromatic rings. The number of benzene rings is 2. The maximum absolute atomic E-state index is 13.0. The van der Waals surface area contributed by atoms with Crippen LogP contribution in [0, 0.1) is 13.8 Å². The lowest BCUT2D eigenvalue weighted by molar-refractivity contribution is 0.0791. The largest absolute Gasteiger partial charge is 0.339 e. The standard InChI is InChI=1S/C23H23BrN4O2/c1-15-19(23(30)27-12-3-4-13-27)6-5-7-21(15)26-22(29)20-14-25-28(16(20)2)18-10-8-17(24)9-11-18/h5-11,14H,3-4,12-13H2,1-2H3,(H,26,29). The molecule has 0 radical (unpaired) electrons. The highest BCUT2D eigenvalue weighted by molar-refractivity contribution is 9.10. The Balaban J connectivity index is 1.57. The summed E-state index contributed by atoms with van der Waals surface area (Å²) in [6, 6.07) is 13.2. The van der Waals surface area contributed by atoms with Gasteiger partial charge in [0.25, 0.3) is 11.8 Å². The van der Waals surface area contributed by atoms with E-state index in [0.29, 0.717) is 16.8 Å². The van der Waals surface area contributed by atoms with Gasteiger partial charge in [-0.25, -0.2) is 4.68 Å². The molecule has 6 nitrogen and oxygen atoms in total. The number of carbonyl (C=O) groups excluding carboxylic acids is 2. The summed E-state index contributed by atoms with van der Waals surface area (Å²) in [6.07, 6.45) is 3.66. The van der Waals surface area contributed by atoms with Gasteiger partial charge in [-0.15, -0.1) is 0 Å². The quantitative estimate of drug-likeness (QED) is 0.603. The molecule has 1 saturated heterocycles. The zero-order valence-electron chi connectivity index (χ0n) is 17.0. The van der Waals surface area contributed by atoms with Crippen molar-refractivity contribution in [2.24, 2.45) is 0 Å². The van der Waals surface area contributed by atoms with E-state index in [0.717, 1.165) is 47.3 Å². The van der Waals surface area contributed by atoms with Gasteiger partial charge in [0.15, 0.2) is 0 Å². The first kappa shape index (κ1) is 20.3. The molecule has 154 valence electrons. The number of likely N-dealkylation sites (tertiary alicyclic amines) is 1. The zero-order chi connectivity index (χ0) is 21.3. The molecular formula is C23H23BrN4O2. The van der Waals surface area contributed by atoms with Crippen molar-refractivity contribution < 1.29 is 9.59 Å². The highest BCUT2D eigenvalue weighted by Crippen LogP contribution is 2.24. The summed E-state index contributed by atoms with van der Waals surface area (Å²) < 4.78 is 2.72. The molecule has 30 heavy (non-hydrogen) atoms. The van der Waals surface area contributed by atoms with E-state index in [1.807, 2.05) is 61.2 Å². The van der Waals surface area contributed by atoms with Crippen LogP contribution in [0.4, 0.5) is 5.69 Å². The van der Waals surface area contributed by atoms with Gasteiger partial charge < -0.3 is 10.2 Å². The van der Waals surface area contributed by atoms with Crippen LogP contribution in [0.5, 0.6) is 0 Å². The smallest absolute Gasteiger partial charge is 0.259 e. The fraction of sp³-hybridized carbons (Fsp3) is 0.261. The normalized spacial score (nSPS) is 13.5. The van der Waals surface area contributed by atoms with Crippen molar-refractivity contribution in [3.05, 3.63) is 75.5 Å². The Labute approximate surface area is 184 Å². The summed E-state index contributed by atoms with van der Waals surface area (Å²) in [5.41, 5.74) is 4.17. The molecular weight excluding hydrogens is 444 g/mol. The van der Waals surface area contributed by atoms with Crippen LogP contribution in [0.1, 0.15) is 44.8 Å². The summed E-state index contributed by atoms with van der Waals surface area (Å²) in [5, 5.41) is 7.34. The Hall–Kier alpha value is -2.93. The van der Waals surface area contributed by atoms with Gasteiger partial charge in [-0.05, 0) is 68.7 Å². The third-order valence-electron chi connectivity index (χ3n) is 5.53. The Morgan fingerprint density at radius 3 is 2.40 bits per heavy atom. The van der Waals surface area contributed by atoms with Gasteiger partial charge in [-0.2, -0.15) is 5.10 Å². The van der Waals surface area contributed by atoms with Gasteiger partial charge >= 0.3 is 0 Å². The highest BCUT2D eigenvalue weighted by atomic mass is 79.9. The first-order valence-corrected chi connectivity index (χ1v) is 10.8. The van der Waals surface area contributed by atoms with Crippen molar-refractivity contribution in [2.75, 3.05) is 18.4 Å². The first-order chi connectivity index (χ1) is 14.5. The Morgan fingerprint density at radius 1 is 1.00 bits per heavy atom. The fourth-order valence-corrected chi connectivity index (χ4v) is 4.02.